The molecule has 1 amide bonds. The number of amides is 1. The van der Waals surface area contributed by atoms with Crippen LogP contribution in [0.5, 0.6) is 0 Å². The Morgan fingerprint density at radius 1 is 1.50 bits per heavy atom. The van der Waals surface area contributed by atoms with Crippen molar-refractivity contribution in [2.24, 2.45) is 5.73 Å². The van der Waals surface area contributed by atoms with E-state index >= 15 is 0 Å². The van der Waals surface area contributed by atoms with Gasteiger partial charge in [-0.15, -0.1) is 11.3 Å². The summed E-state index contributed by atoms with van der Waals surface area (Å²) in [6.07, 6.45) is 5.43. The van der Waals surface area contributed by atoms with Crippen LogP contribution in [0, 0.1) is 0 Å². The van der Waals surface area contributed by atoms with Crippen molar-refractivity contribution in [3.8, 4) is 0 Å². The van der Waals surface area contributed by atoms with Crippen LogP contribution in [0.2, 0.25) is 0 Å². The zero-order chi connectivity index (χ0) is 13.1. The number of hydrogen-bond acceptors (Lipinski definition) is 4. The van der Waals surface area contributed by atoms with E-state index in [-0.39, 0.29) is 11.9 Å². The first-order valence-electron chi connectivity index (χ1n) is 6.59. The zero-order valence-corrected chi connectivity index (χ0v) is 11.9. The molecule has 0 saturated heterocycles. The molecule has 1 aliphatic carbocycles. The lowest BCUT2D eigenvalue weighted by atomic mass is 10.0. The highest BCUT2D eigenvalue weighted by Crippen LogP contribution is 2.27. The molecule has 18 heavy (non-hydrogen) atoms. The summed E-state index contributed by atoms with van der Waals surface area (Å²) in [5.41, 5.74) is 7.01. The Labute approximate surface area is 112 Å². The lowest BCUT2D eigenvalue weighted by Gasteiger charge is -2.19. The van der Waals surface area contributed by atoms with Crippen molar-refractivity contribution in [2.75, 3.05) is 7.05 Å². The summed E-state index contributed by atoms with van der Waals surface area (Å²) in [5.74, 6) is 0.00525. The number of carbonyl (C=O) groups is 1. The maximum absolute atomic E-state index is 11.9. The smallest absolute Gasteiger partial charge is 0.239 e. The molecule has 0 aromatic carbocycles. The van der Waals surface area contributed by atoms with E-state index in [4.69, 9.17) is 5.73 Å². The van der Waals surface area contributed by atoms with Gasteiger partial charge < -0.3 is 10.6 Å². The van der Waals surface area contributed by atoms with Gasteiger partial charge in [-0.25, -0.2) is 4.98 Å². The van der Waals surface area contributed by atoms with Gasteiger partial charge in [-0.1, -0.05) is 6.92 Å². The van der Waals surface area contributed by atoms with Gasteiger partial charge in [0.2, 0.25) is 5.91 Å². The van der Waals surface area contributed by atoms with Crippen LogP contribution in [-0.4, -0.2) is 28.9 Å². The molecule has 4 nitrogen and oxygen atoms in total. The molecule has 1 aromatic rings. The molecule has 0 unspecified atom stereocenters. The number of carbonyl (C=O) groups excluding carboxylic acids is 1. The molecule has 0 radical (unpaired) electrons. The van der Waals surface area contributed by atoms with Crippen LogP contribution >= 0.6 is 11.3 Å². The molecule has 100 valence electrons. The fourth-order valence-corrected chi connectivity index (χ4v) is 3.42. The van der Waals surface area contributed by atoms with E-state index in [9.17, 15) is 4.79 Å². The molecule has 1 aliphatic rings. The van der Waals surface area contributed by atoms with Gasteiger partial charge >= 0.3 is 0 Å². The Bertz CT molecular complexity index is 406. The normalized spacial score (nSPS) is 16.2. The molecule has 0 bridgehead atoms. The van der Waals surface area contributed by atoms with E-state index in [0.29, 0.717) is 13.0 Å². The number of aryl methyl sites for hydroxylation is 2. The molecule has 5 heteroatoms. The second-order valence-corrected chi connectivity index (χ2v) is 6.06. The first kappa shape index (κ1) is 13.5. The molecule has 1 aromatic heterocycles. The van der Waals surface area contributed by atoms with E-state index in [1.807, 2.05) is 6.92 Å². The van der Waals surface area contributed by atoms with Crippen LogP contribution in [0.3, 0.4) is 0 Å². The lowest BCUT2D eigenvalue weighted by molar-refractivity contribution is -0.131. The zero-order valence-electron chi connectivity index (χ0n) is 11.1. The van der Waals surface area contributed by atoms with Crippen molar-refractivity contribution in [3.05, 3.63) is 15.6 Å². The van der Waals surface area contributed by atoms with Gasteiger partial charge in [0.05, 0.1) is 18.3 Å². The summed E-state index contributed by atoms with van der Waals surface area (Å²) >= 11 is 1.75. The molecule has 0 aliphatic heterocycles. The summed E-state index contributed by atoms with van der Waals surface area (Å²) in [5, 5.41) is 1.04. The molecule has 1 heterocycles. The van der Waals surface area contributed by atoms with Crippen molar-refractivity contribution in [1.82, 2.24) is 9.88 Å². The Balaban J connectivity index is 2.00. The first-order valence-corrected chi connectivity index (χ1v) is 7.41. The largest absolute Gasteiger partial charge is 0.338 e. The van der Waals surface area contributed by atoms with E-state index in [0.717, 1.165) is 17.8 Å². The van der Waals surface area contributed by atoms with Gasteiger partial charge in [-0.3, -0.25) is 4.79 Å². The predicted octanol–water partition coefficient (Wildman–Crippen LogP) is 1.72. The highest BCUT2D eigenvalue weighted by atomic mass is 32.1. The minimum absolute atomic E-state index is 0.00525. The molecule has 0 spiro atoms. The maximum Gasteiger partial charge on any atom is 0.239 e. The Kier molecular flexibility index (Phi) is 4.35. The summed E-state index contributed by atoms with van der Waals surface area (Å²) in [4.78, 5) is 19.6. The van der Waals surface area contributed by atoms with Gasteiger partial charge in [-0.2, -0.15) is 0 Å². The van der Waals surface area contributed by atoms with Crippen molar-refractivity contribution >= 4 is 17.2 Å². The average molecular weight is 267 g/mol. The number of rotatable bonds is 4. The van der Waals surface area contributed by atoms with Crippen LogP contribution in [-0.2, 0) is 24.2 Å². The van der Waals surface area contributed by atoms with E-state index in [2.05, 4.69) is 4.98 Å². The molecular formula is C13H21N3OS. The SMILES string of the molecule is CC[C@H](N)C(=O)N(C)Cc1nc2c(s1)CCCC2. The fourth-order valence-electron chi connectivity index (χ4n) is 2.21. The summed E-state index contributed by atoms with van der Waals surface area (Å²) < 4.78 is 0. The Hall–Kier alpha value is -0.940. The average Bonchev–Trinajstić information content (AvgIpc) is 2.78. The van der Waals surface area contributed by atoms with E-state index < -0.39 is 0 Å². The molecule has 2 N–H and O–H groups in total. The summed E-state index contributed by atoms with van der Waals surface area (Å²) in [6, 6.07) is -0.385. The van der Waals surface area contributed by atoms with Gasteiger partial charge in [0.25, 0.3) is 0 Å². The summed E-state index contributed by atoms with van der Waals surface area (Å²) in [7, 11) is 1.80. The Morgan fingerprint density at radius 2 is 2.22 bits per heavy atom. The number of nitrogens with two attached hydrogens (primary N) is 1. The second kappa shape index (κ2) is 5.80. The van der Waals surface area contributed by atoms with Crippen LogP contribution in [0.25, 0.3) is 0 Å². The van der Waals surface area contributed by atoms with Crippen LogP contribution in [0.15, 0.2) is 0 Å². The van der Waals surface area contributed by atoms with Gasteiger partial charge in [0, 0.05) is 11.9 Å². The molecule has 0 saturated carbocycles. The minimum Gasteiger partial charge on any atom is -0.338 e. The van der Waals surface area contributed by atoms with Gasteiger partial charge in [0.1, 0.15) is 5.01 Å². The number of hydrogen-bond donors (Lipinski definition) is 1. The third-order valence-corrected chi connectivity index (χ3v) is 4.54. The van der Waals surface area contributed by atoms with E-state index in [1.54, 1.807) is 23.3 Å². The molecule has 2 rings (SSSR count). The number of nitrogens with zero attached hydrogens (tertiary/aromatic N) is 2. The quantitative estimate of drug-likeness (QED) is 0.903. The number of aromatic nitrogens is 1. The monoisotopic (exact) mass is 267 g/mol. The molecule has 0 fully saturated rings. The standard InChI is InChI=1S/C13H21N3OS/c1-3-9(14)13(17)16(2)8-12-15-10-6-4-5-7-11(10)18-12/h9H,3-8,14H2,1-2H3/t9-/m0/s1. The van der Waals surface area contributed by atoms with E-state index in [1.165, 1.54) is 23.4 Å². The highest BCUT2D eigenvalue weighted by Gasteiger charge is 2.20. The topological polar surface area (TPSA) is 59.2 Å². The Morgan fingerprint density at radius 3 is 2.89 bits per heavy atom. The van der Waals surface area contributed by atoms with Crippen LogP contribution in [0.4, 0.5) is 0 Å². The van der Waals surface area contributed by atoms with Crippen molar-refractivity contribution in [3.63, 3.8) is 0 Å². The predicted molar refractivity (Wildman–Crippen MR) is 73.5 cm³/mol. The van der Waals surface area contributed by atoms with Gasteiger partial charge in [-0.05, 0) is 32.1 Å². The van der Waals surface area contributed by atoms with Crippen LogP contribution in [0.1, 0.15) is 41.8 Å². The number of thiazole rings is 1. The van der Waals surface area contributed by atoms with Crippen molar-refractivity contribution in [2.45, 2.75) is 51.6 Å². The maximum atomic E-state index is 11.9. The highest BCUT2D eigenvalue weighted by molar-refractivity contribution is 7.11. The first-order chi connectivity index (χ1) is 8.61. The number of likely N-dealkylation sites (N-methyl/N-ethyl adjacent to an activating group) is 1. The fraction of sp³-hybridized carbons (Fsp3) is 0.692. The van der Waals surface area contributed by atoms with Crippen molar-refractivity contribution in [1.29, 1.82) is 0 Å². The number of fused-ring (bicyclic) bond motifs is 1. The second-order valence-electron chi connectivity index (χ2n) is 4.89. The summed E-state index contributed by atoms with van der Waals surface area (Å²) in [6.45, 7) is 2.52. The minimum atomic E-state index is -0.385. The third-order valence-electron chi connectivity index (χ3n) is 3.40. The molecule has 1 atom stereocenters. The lowest BCUT2D eigenvalue weighted by Crippen LogP contribution is -2.40. The third kappa shape index (κ3) is 2.90. The van der Waals surface area contributed by atoms with Crippen molar-refractivity contribution < 1.29 is 4.79 Å². The van der Waals surface area contributed by atoms with Gasteiger partial charge in [0.15, 0.2) is 0 Å². The van der Waals surface area contributed by atoms with Crippen LogP contribution < -0.4 is 5.73 Å². The molecular weight excluding hydrogens is 246 g/mol.